The van der Waals surface area contributed by atoms with Gasteiger partial charge in [0.2, 0.25) is 5.91 Å². The number of hydrogen-bond acceptors (Lipinski definition) is 1. The number of halogens is 8. The Morgan fingerprint density at radius 2 is 1.65 bits per heavy atom. The number of anilines is 1. The fraction of sp³-hybridized carbons (Fsp3) is 0.286. The summed E-state index contributed by atoms with van der Waals surface area (Å²) in [7, 11) is 0. The van der Waals surface area contributed by atoms with E-state index >= 15 is 0 Å². The molecule has 164 valence electrons. The monoisotopic (exact) mass is 447 g/mol. The molecule has 2 aromatic rings. The number of carbonyl (C=O) groups is 1. The highest BCUT2D eigenvalue weighted by atomic mass is 19.4. The van der Waals surface area contributed by atoms with Crippen LogP contribution in [0.15, 0.2) is 30.3 Å². The molecule has 0 bridgehead atoms. The highest BCUT2D eigenvalue weighted by molar-refractivity contribution is 6.00. The highest BCUT2D eigenvalue weighted by Crippen LogP contribution is 2.43. The van der Waals surface area contributed by atoms with E-state index in [1.54, 1.807) is 0 Å². The lowest BCUT2D eigenvalue weighted by Gasteiger charge is -2.26. The average Bonchev–Trinajstić information content (AvgIpc) is 2.78. The standard InChI is InChI=1S/C21H13F8NO/c1-2-7-30-18-10-17(23)16(22)8-11(18)3-5-14(19(30)31)13-6-4-12(20(24,25)26)9-15(13)21(27,28)29/h1,4,6,8-10,14H,3,5,7H2. The van der Waals surface area contributed by atoms with Gasteiger partial charge in [0.05, 0.1) is 29.3 Å². The maximum Gasteiger partial charge on any atom is 0.416 e. The molecule has 0 spiro atoms. The van der Waals surface area contributed by atoms with Gasteiger partial charge in [-0.25, -0.2) is 8.78 Å². The molecular formula is C21H13F8NO. The lowest BCUT2D eigenvalue weighted by Crippen LogP contribution is -2.35. The van der Waals surface area contributed by atoms with Crippen LogP contribution in [0.1, 0.15) is 34.6 Å². The van der Waals surface area contributed by atoms with Crippen LogP contribution in [0.5, 0.6) is 0 Å². The van der Waals surface area contributed by atoms with Crippen molar-refractivity contribution in [1.29, 1.82) is 0 Å². The van der Waals surface area contributed by atoms with E-state index in [-0.39, 0.29) is 30.2 Å². The van der Waals surface area contributed by atoms with Gasteiger partial charge >= 0.3 is 12.4 Å². The van der Waals surface area contributed by atoms with Crippen molar-refractivity contribution in [3.05, 3.63) is 64.2 Å². The summed E-state index contributed by atoms with van der Waals surface area (Å²) in [6.07, 6.45) is -5.36. The third kappa shape index (κ3) is 4.36. The quantitative estimate of drug-likeness (QED) is 0.428. The maximum absolute atomic E-state index is 13.8. The van der Waals surface area contributed by atoms with E-state index in [0.29, 0.717) is 12.1 Å². The summed E-state index contributed by atoms with van der Waals surface area (Å²) in [4.78, 5) is 13.9. The van der Waals surface area contributed by atoms with Gasteiger partial charge in [-0.15, -0.1) is 6.42 Å². The van der Waals surface area contributed by atoms with Crippen LogP contribution in [-0.2, 0) is 23.6 Å². The molecule has 1 aliphatic heterocycles. The Kier molecular flexibility index (Phi) is 5.74. The van der Waals surface area contributed by atoms with Crippen molar-refractivity contribution in [3.8, 4) is 12.3 Å². The van der Waals surface area contributed by atoms with Crippen molar-refractivity contribution < 1.29 is 39.9 Å². The third-order valence-electron chi connectivity index (χ3n) is 4.99. The molecule has 0 saturated heterocycles. The van der Waals surface area contributed by atoms with Gasteiger partial charge in [-0.05, 0) is 42.2 Å². The van der Waals surface area contributed by atoms with Crippen LogP contribution in [0.2, 0.25) is 0 Å². The van der Waals surface area contributed by atoms with E-state index in [1.807, 2.05) is 0 Å². The lowest BCUT2D eigenvalue weighted by atomic mass is 9.88. The van der Waals surface area contributed by atoms with Gasteiger partial charge in [0.25, 0.3) is 0 Å². The zero-order valence-electron chi connectivity index (χ0n) is 15.5. The number of aryl methyl sites for hydroxylation is 1. The molecule has 1 amide bonds. The van der Waals surface area contributed by atoms with Gasteiger partial charge < -0.3 is 0 Å². The van der Waals surface area contributed by atoms with E-state index in [0.717, 1.165) is 17.0 Å². The van der Waals surface area contributed by atoms with Crippen molar-refractivity contribution in [2.24, 2.45) is 0 Å². The predicted molar refractivity (Wildman–Crippen MR) is 95.1 cm³/mol. The molecule has 2 aromatic carbocycles. The number of terminal acetylenes is 1. The van der Waals surface area contributed by atoms with E-state index in [2.05, 4.69) is 5.92 Å². The molecule has 2 nitrogen and oxygen atoms in total. The van der Waals surface area contributed by atoms with Crippen LogP contribution in [0, 0.1) is 24.0 Å². The minimum atomic E-state index is -5.18. The summed E-state index contributed by atoms with van der Waals surface area (Å²) in [5.41, 5.74) is -3.74. The van der Waals surface area contributed by atoms with Gasteiger partial charge in [0, 0.05) is 6.07 Å². The summed E-state index contributed by atoms with van der Waals surface area (Å²) < 4.78 is 107. The Morgan fingerprint density at radius 1 is 1.00 bits per heavy atom. The summed E-state index contributed by atoms with van der Waals surface area (Å²) in [6, 6.07) is 2.56. The minimum absolute atomic E-state index is 0.0501. The van der Waals surface area contributed by atoms with E-state index in [9.17, 15) is 39.9 Å². The van der Waals surface area contributed by atoms with Crippen LogP contribution >= 0.6 is 0 Å². The molecule has 1 atom stereocenters. The molecule has 31 heavy (non-hydrogen) atoms. The van der Waals surface area contributed by atoms with Crippen molar-refractivity contribution in [1.82, 2.24) is 0 Å². The van der Waals surface area contributed by atoms with Crippen LogP contribution in [-0.4, -0.2) is 12.5 Å². The van der Waals surface area contributed by atoms with Crippen LogP contribution < -0.4 is 4.90 Å². The van der Waals surface area contributed by atoms with Crippen molar-refractivity contribution in [2.45, 2.75) is 31.1 Å². The second-order valence-electron chi connectivity index (χ2n) is 6.91. The number of benzene rings is 2. The van der Waals surface area contributed by atoms with Crippen LogP contribution in [0.25, 0.3) is 0 Å². The fourth-order valence-electron chi connectivity index (χ4n) is 3.58. The average molecular weight is 447 g/mol. The molecule has 1 aliphatic rings. The summed E-state index contributed by atoms with van der Waals surface area (Å²) in [5.74, 6) is -2.83. The normalized spacial score (nSPS) is 17.2. The Balaban J connectivity index is 2.16. The van der Waals surface area contributed by atoms with Crippen molar-refractivity contribution in [2.75, 3.05) is 11.4 Å². The van der Waals surface area contributed by atoms with Crippen molar-refractivity contribution >= 4 is 11.6 Å². The van der Waals surface area contributed by atoms with Gasteiger partial charge in [-0.2, -0.15) is 26.3 Å². The predicted octanol–water partition coefficient (Wildman–Crippen LogP) is 5.70. The number of alkyl halides is 6. The summed E-state index contributed by atoms with van der Waals surface area (Å²) in [5, 5.41) is 0. The molecule has 10 heteroatoms. The molecule has 0 saturated carbocycles. The van der Waals surface area contributed by atoms with Gasteiger partial charge in [0.1, 0.15) is 0 Å². The highest BCUT2D eigenvalue weighted by Gasteiger charge is 2.42. The molecular weight excluding hydrogens is 434 g/mol. The second-order valence-corrected chi connectivity index (χ2v) is 6.91. The summed E-state index contributed by atoms with van der Waals surface area (Å²) >= 11 is 0. The first-order chi connectivity index (χ1) is 14.3. The Hall–Kier alpha value is -3.09. The first-order valence-electron chi connectivity index (χ1n) is 8.85. The molecule has 0 aliphatic carbocycles. The minimum Gasteiger partial charge on any atom is -0.300 e. The summed E-state index contributed by atoms with van der Waals surface area (Å²) in [6.45, 7) is -0.449. The molecule has 1 unspecified atom stereocenters. The first-order valence-corrected chi connectivity index (χ1v) is 8.85. The Morgan fingerprint density at radius 3 is 2.23 bits per heavy atom. The van der Waals surface area contributed by atoms with Crippen molar-refractivity contribution in [3.63, 3.8) is 0 Å². The SMILES string of the molecule is C#CCN1C(=O)C(c2ccc(C(F)(F)F)cc2C(F)(F)F)CCc2cc(F)c(F)cc21. The molecule has 0 radical (unpaired) electrons. The molecule has 0 aromatic heterocycles. The molecule has 1 heterocycles. The number of fused-ring (bicyclic) bond motifs is 1. The van der Waals surface area contributed by atoms with E-state index in [4.69, 9.17) is 6.42 Å². The van der Waals surface area contributed by atoms with E-state index < -0.39 is 59.0 Å². The zero-order valence-corrected chi connectivity index (χ0v) is 15.5. The zero-order chi connectivity index (χ0) is 23.1. The van der Waals surface area contributed by atoms with Crippen LogP contribution in [0.3, 0.4) is 0 Å². The smallest absolute Gasteiger partial charge is 0.300 e. The number of hydrogen-bond donors (Lipinski definition) is 0. The third-order valence-corrected chi connectivity index (χ3v) is 4.99. The second kappa shape index (κ2) is 7.87. The van der Waals surface area contributed by atoms with Gasteiger partial charge in [0.15, 0.2) is 11.6 Å². The molecule has 0 N–H and O–H groups in total. The molecule has 3 rings (SSSR count). The lowest BCUT2D eigenvalue weighted by molar-refractivity contribution is -0.143. The van der Waals surface area contributed by atoms with Crippen LogP contribution in [0.4, 0.5) is 40.8 Å². The number of amides is 1. The number of rotatable bonds is 2. The maximum atomic E-state index is 13.8. The first kappa shape index (κ1) is 22.6. The Bertz CT molecular complexity index is 1060. The topological polar surface area (TPSA) is 20.3 Å². The Labute approximate surface area is 171 Å². The molecule has 0 fully saturated rings. The van der Waals surface area contributed by atoms with Gasteiger partial charge in [-0.1, -0.05) is 12.0 Å². The fourth-order valence-corrected chi connectivity index (χ4v) is 3.58. The largest absolute Gasteiger partial charge is 0.416 e. The number of nitrogens with zero attached hydrogens (tertiary/aromatic N) is 1. The van der Waals surface area contributed by atoms with E-state index in [1.165, 1.54) is 0 Å². The number of carbonyl (C=O) groups excluding carboxylic acids is 1. The van der Waals surface area contributed by atoms with Gasteiger partial charge in [-0.3, -0.25) is 9.69 Å².